The van der Waals surface area contributed by atoms with Crippen molar-refractivity contribution < 1.29 is 0 Å². The zero-order valence-electron chi connectivity index (χ0n) is 5.48. The molecule has 0 heterocycles. The summed E-state index contributed by atoms with van der Waals surface area (Å²) in [5, 5.41) is 1.25. The van der Waals surface area contributed by atoms with Gasteiger partial charge in [-0.3, -0.25) is 0 Å². The maximum Gasteiger partial charge on any atom is 0.0503 e. The average molecular weight is 232 g/mol. The summed E-state index contributed by atoms with van der Waals surface area (Å²) in [6, 6.07) is 5.33. The van der Waals surface area contributed by atoms with Crippen molar-refractivity contribution >= 4 is 47.2 Å². The SMILES string of the molecule is Cl.ClCc1c(Cl)cccc1Cl. The molecule has 1 rings (SSSR count). The highest BCUT2D eigenvalue weighted by molar-refractivity contribution is 6.37. The largest absolute Gasteiger partial charge is 0.147 e. The molecule has 0 fully saturated rings. The number of hydrogen-bond donors (Lipinski definition) is 0. The summed E-state index contributed by atoms with van der Waals surface area (Å²) in [5.41, 5.74) is 0.799. The molecule has 1 aromatic rings. The summed E-state index contributed by atoms with van der Waals surface area (Å²) in [6.07, 6.45) is 0. The second-order valence-corrected chi connectivity index (χ2v) is 2.92. The van der Waals surface area contributed by atoms with Crippen molar-refractivity contribution in [3.8, 4) is 0 Å². The van der Waals surface area contributed by atoms with Crippen LogP contribution in [0.1, 0.15) is 5.56 Å². The van der Waals surface area contributed by atoms with Crippen LogP contribution in [0.3, 0.4) is 0 Å². The molecule has 0 saturated carbocycles. The number of rotatable bonds is 1. The van der Waals surface area contributed by atoms with Crippen LogP contribution in [0.2, 0.25) is 10.0 Å². The molecule has 0 bridgehead atoms. The first-order chi connectivity index (χ1) is 4.75. The van der Waals surface area contributed by atoms with Crippen LogP contribution in [0.4, 0.5) is 0 Å². The van der Waals surface area contributed by atoms with Crippen LogP contribution in [0.25, 0.3) is 0 Å². The monoisotopic (exact) mass is 230 g/mol. The Labute approximate surface area is 86.9 Å². The highest BCUT2D eigenvalue weighted by Crippen LogP contribution is 2.25. The van der Waals surface area contributed by atoms with Gasteiger partial charge in [0, 0.05) is 15.6 Å². The zero-order chi connectivity index (χ0) is 7.56. The minimum absolute atomic E-state index is 0. The van der Waals surface area contributed by atoms with Crippen molar-refractivity contribution in [2.24, 2.45) is 0 Å². The van der Waals surface area contributed by atoms with Gasteiger partial charge >= 0.3 is 0 Å². The minimum Gasteiger partial charge on any atom is -0.147 e. The summed E-state index contributed by atoms with van der Waals surface area (Å²) >= 11 is 17.1. The van der Waals surface area contributed by atoms with E-state index in [4.69, 9.17) is 34.8 Å². The molecular weight excluding hydrogens is 226 g/mol. The molecule has 62 valence electrons. The predicted octanol–water partition coefficient (Wildman–Crippen LogP) is 4.15. The Morgan fingerprint density at radius 1 is 1.09 bits per heavy atom. The summed E-state index contributed by atoms with van der Waals surface area (Å²) in [4.78, 5) is 0. The maximum atomic E-state index is 5.76. The first kappa shape index (κ1) is 11.4. The van der Waals surface area contributed by atoms with Gasteiger partial charge in [0.1, 0.15) is 0 Å². The Bertz CT molecular complexity index is 214. The van der Waals surface area contributed by atoms with Crippen molar-refractivity contribution in [3.05, 3.63) is 33.8 Å². The van der Waals surface area contributed by atoms with Crippen LogP contribution in [0.15, 0.2) is 18.2 Å². The quantitative estimate of drug-likeness (QED) is 0.637. The average Bonchev–Trinajstić information content (AvgIpc) is 1.88. The first-order valence-electron chi connectivity index (χ1n) is 2.74. The van der Waals surface area contributed by atoms with Crippen LogP contribution in [-0.4, -0.2) is 0 Å². The van der Waals surface area contributed by atoms with Crippen molar-refractivity contribution in [1.82, 2.24) is 0 Å². The zero-order valence-corrected chi connectivity index (χ0v) is 8.57. The fourth-order valence-corrected chi connectivity index (χ4v) is 1.62. The van der Waals surface area contributed by atoms with Crippen LogP contribution in [-0.2, 0) is 5.88 Å². The molecule has 0 amide bonds. The van der Waals surface area contributed by atoms with E-state index in [9.17, 15) is 0 Å². The lowest BCUT2D eigenvalue weighted by Gasteiger charge is -2.00. The molecule has 0 spiro atoms. The van der Waals surface area contributed by atoms with E-state index in [1.54, 1.807) is 18.2 Å². The number of benzene rings is 1. The topological polar surface area (TPSA) is 0 Å². The van der Waals surface area contributed by atoms with E-state index >= 15 is 0 Å². The smallest absolute Gasteiger partial charge is 0.0503 e. The Hall–Kier alpha value is 0.380. The molecule has 0 aliphatic rings. The van der Waals surface area contributed by atoms with E-state index in [1.165, 1.54) is 0 Å². The minimum atomic E-state index is 0. The lowest BCUT2D eigenvalue weighted by Crippen LogP contribution is -1.80. The fraction of sp³-hybridized carbons (Fsp3) is 0.143. The molecule has 0 radical (unpaired) electrons. The van der Waals surface area contributed by atoms with E-state index < -0.39 is 0 Å². The summed E-state index contributed by atoms with van der Waals surface area (Å²) in [5.74, 6) is 0.360. The van der Waals surface area contributed by atoms with Crippen molar-refractivity contribution in [2.45, 2.75) is 5.88 Å². The van der Waals surface area contributed by atoms with Gasteiger partial charge in [-0.2, -0.15) is 0 Å². The molecule has 0 atom stereocenters. The van der Waals surface area contributed by atoms with Gasteiger partial charge in [-0.1, -0.05) is 29.3 Å². The summed E-state index contributed by atoms with van der Waals surface area (Å²) in [6.45, 7) is 0. The van der Waals surface area contributed by atoms with E-state index in [2.05, 4.69) is 0 Å². The van der Waals surface area contributed by atoms with Gasteiger partial charge < -0.3 is 0 Å². The van der Waals surface area contributed by atoms with Crippen molar-refractivity contribution in [1.29, 1.82) is 0 Å². The van der Waals surface area contributed by atoms with Crippen LogP contribution < -0.4 is 0 Å². The van der Waals surface area contributed by atoms with Gasteiger partial charge in [-0.15, -0.1) is 24.0 Å². The van der Waals surface area contributed by atoms with E-state index in [0.29, 0.717) is 15.9 Å². The lowest BCUT2D eigenvalue weighted by molar-refractivity contribution is 1.40. The van der Waals surface area contributed by atoms with Gasteiger partial charge in [-0.05, 0) is 12.1 Å². The van der Waals surface area contributed by atoms with Gasteiger partial charge in [0.2, 0.25) is 0 Å². The normalized spacial score (nSPS) is 9.00. The van der Waals surface area contributed by atoms with Crippen LogP contribution in [0, 0.1) is 0 Å². The van der Waals surface area contributed by atoms with Gasteiger partial charge in [0.15, 0.2) is 0 Å². The molecule has 0 nitrogen and oxygen atoms in total. The molecule has 1 aromatic carbocycles. The molecule has 0 saturated heterocycles. The lowest BCUT2D eigenvalue weighted by atomic mass is 10.2. The highest BCUT2D eigenvalue weighted by Gasteiger charge is 2.01. The van der Waals surface area contributed by atoms with Gasteiger partial charge in [-0.25, -0.2) is 0 Å². The van der Waals surface area contributed by atoms with Crippen LogP contribution >= 0.6 is 47.2 Å². The summed E-state index contributed by atoms with van der Waals surface area (Å²) < 4.78 is 0. The summed E-state index contributed by atoms with van der Waals surface area (Å²) in [7, 11) is 0. The van der Waals surface area contributed by atoms with Crippen LogP contribution in [0.5, 0.6) is 0 Å². The number of alkyl halides is 1. The van der Waals surface area contributed by atoms with E-state index in [0.717, 1.165) is 5.56 Å². The third-order valence-corrected chi connectivity index (χ3v) is 2.17. The third kappa shape index (κ3) is 2.72. The van der Waals surface area contributed by atoms with E-state index in [-0.39, 0.29) is 12.4 Å². The fourth-order valence-electron chi connectivity index (χ4n) is 0.660. The number of halogens is 4. The molecule has 0 aromatic heterocycles. The predicted molar refractivity (Wildman–Crippen MR) is 53.3 cm³/mol. The molecular formula is C7H6Cl4. The van der Waals surface area contributed by atoms with Gasteiger partial charge in [0.25, 0.3) is 0 Å². The molecule has 0 aliphatic heterocycles. The van der Waals surface area contributed by atoms with E-state index in [1.807, 2.05) is 0 Å². The first-order valence-corrected chi connectivity index (χ1v) is 4.03. The standard InChI is InChI=1S/C7H5Cl3.ClH/c8-4-5-6(9)2-1-3-7(5)10;/h1-3H,4H2;1H. The second-order valence-electron chi connectivity index (χ2n) is 1.83. The molecule has 11 heavy (non-hydrogen) atoms. The van der Waals surface area contributed by atoms with Gasteiger partial charge in [0.05, 0.1) is 5.88 Å². The third-order valence-electron chi connectivity index (χ3n) is 1.20. The maximum absolute atomic E-state index is 5.76. The highest BCUT2D eigenvalue weighted by atomic mass is 35.5. The second kappa shape index (κ2) is 5.10. The number of hydrogen-bond acceptors (Lipinski definition) is 0. The molecule has 4 heteroatoms. The Balaban J connectivity index is 0.000001000. The van der Waals surface area contributed by atoms with Crippen molar-refractivity contribution in [3.63, 3.8) is 0 Å². The van der Waals surface area contributed by atoms with Crippen molar-refractivity contribution in [2.75, 3.05) is 0 Å². The Morgan fingerprint density at radius 3 is 1.82 bits per heavy atom. The molecule has 0 unspecified atom stereocenters. The molecule has 0 N–H and O–H groups in total. The Morgan fingerprint density at radius 2 is 1.55 bits per heavy atom. The molecule has 0 aliphatic carbocycles. The Kier molecular flexibility index (Phi) is 5.28.